The van der Waals surface area contributed by atoms with Gasteiger partial charge in [0.1, 0.15) is 5.33 Å². The molecule has 0 saturated carbocycles. The third-order valence-corrected chi connectivity index (χ3v) is 0.750. The molecule has 8 heavy (non-hydrogen) atoms. The van der Waals surface area contributed by atoms with Gasteiger partial charge in [0.2, 0.25) is 0 Å². The summed E-state index contributed by atoms with van der Waals surface area (Å²) in [5.74, 6) is -0.331. The number of carbonyl (C=O) groups excluding carboxylic acids is 1. The predicted octanol–water partition coefficient (Wildman–Crippen LogP) is 1.10. The van der Waals surface area contributed by atoms with E-state index in [9.17, 15) is 4.79 Å². The summed E-state index contributed by atoms with van der Waals surface area (Å²) in [5.41, 5.74) is 0. The van der Waals surface area contributed by atoms with Gasteiger partial charge in [-0.1, -0.05) is 15.9 Å². The first-order valence-electron chi connectivity index (χ1n) is 1.91. The molecule has 0 heterocycles. The summed E-state index contributed by atoms with van der Waals surface area (Å²) in [5, 5.41) is 1.20. The number of hydrogen-bond acceptors (Lipinski definition) is 2. The van der Waals surface area contributed by atoms with E-state index in [4.69, 9.17) is 0 Å². The minimum absolute atomic E-state index is 0. The topological polar surface area (TPSA) is 26.3 Å². The Labute approximate surface area is 69.9 Å². The molecule has 0 saturated heterocycles. The van der Waals surface area contributed by atoms with E-state index in [1.54, 1.807) is 6.92 Å². The van der Waals surface area contributed by atoms with Crippen LogP contribution in [0.1, 0.15) is 6.92 Å². The Morgan fingerprint density at radius 1 is 1.88 bits per heavy atom. The molecule has 0 fully saturated rings. The number of hydrogen-bond donors (Lipinski definition) is 0. The van der Waals surface area contributed by atoms with Crippen molar-refractivity contribution < 1.29 is 29.0 Å². The Kier molecular flexibility index (Phi) is 10.8. The van der Waals surface area contributed by atoms with Gasteiger partial charge in [-0.05, 0) is 6.92 Å². The molecule has 0 aliphatic heterocycles. The number of carbonyl (C=O) groups is 1. The van der Waals surface area contributed by atoms with Crippen LogP contribution in [0.25, 0.3) is 0 Å². The molecular formula is C4H6BrO2Zn. The Morgan fingerprint density at radius 2 is 2.38 bits per heavy atom. The first-order chi connectivity index (χ1) is 3.31. The maximum Gasteiger partial charge on any atom is 0.321 e. The molecule has 0 bridgehead atoms. The molecule has 0 rings (SSSR count). The van der Waals surface area contributed by atoms with Gasteiger partial charge in [0.15, 0.2) is 0 Å². The zero-order chi connectivity index (χ0) is 5.70. The quantitative estimate of drug-likeness (QED) is 0.525. The van der Waals surface area contributed by atoms with Gasteiger partial charge in [-0.15, -0.1) is 0 Å². The van der Waals surface area contributed by atoms with Crippen LogP contribution >= 0.6 is 15.9 Å². The van der Waals surface area contributed by atoms with Crippen molar-refractivity contribution in [3.05, 3.63) is 5.33 Å². The largest absolute Gasteiger partial charge is 0.465 e. The van der Waals surface area contributed by atoms with Gasteiger partial charge in [0.05, 0.1) is 6.61 Å². The van der Waals surface area contributed by atoms with E-state index in [1.807, 2.05) is 0 Å². The summed E-state index contributed by atoms with van der Waals surface area (Å²) in [4.78, 5) is 10.1. The fraction of sp³-hybridized carbons (Fsp3) is 0.500. The summed E-state index contributed by atoms with van der Waals surface area (Å²) < 4.78 is 4.45. The van der Waals surface area contributed by atoms with Gasteiger partial charge < -0.3 is 4.74 Å². The summed E-state index contributed by atoms with van der Waals surface area (Å²) in [6.45, 7) is 2.19. The molecule has 0 amide bonds. The summed E-state index contributed by atoms with van der Waals surface area (Å²) in [6.07, 6.45) is 0. The molecule has 0 aromatic carbocycles. The van der Waals surface area contributed by atoms with Crippen LogP contribution in [0.5, 0.6) is 0 Å². The van der Waals surface area contributed by atoms with Gasteiger partial charge in [-0.25, -0.2) is 0 Å². The molecule has 0 aromatic rings. The van der Waals surface area contributed by atoms with E-state index in [-0.39, 0.29) is 25.4 Å². The average molecular weight is 231 g/mol. The molecule has 0 aliphatic rings. The van der Waals surface area contributed by atoms with E-state index < -0.39 is 0 Å². The zero-order valence-corrected chi connectivity index (χ0v) is 9.24. The third kappa shape index (κ3) is 6.57. The summed E-state index contributed by atoms with van der Waals surface area (Å²) in [7, 11) is 0. The van der Waals surface area contributed by atoms with Crippen LogP contribution < -0.4 is 0 Å². The van der Waals surface area contributed by atoms with E-state index in [0.717, 1.165) is 0 Å². The molecule has 1 radical (unpaired) electrons. The van der Waals surface area contributed by atoms with Crippen molar-refractivity contribution in [3.63, 3.8) is 0 Å². The molecule has 0 spiro atoms. The van der Waals surface area contributed by atoms with Gasteiger partial charge in [0.25, 0.3) is 0 Å². The van der Waals surface area contributed by atoms with E-state index in [2.05, 4.69) is 20.7 Å². The smallest absolute Gasteiger partial charge is 0.321 e. The van der Waals surface area contributed by atoms with Crippen molar-refractivity contribution in [2.45, 2.75) is 6.92 Å². The Morgan fingerprint density at radius 3 is 2.50 bits per heavy atom. The number of halogens is 1. The maximum absolute atomic E-state index is 10.1. The third-order valence-electron chi connectivity index (χ3n) is 0.376. The molecular weight excluding hydrogens is 225 g/mol. The summed E-state index contributed by atoms with van der Waals surface area (Å²) in [6, 6.07) is 0. The minimum atomic E-state index is -0.331. The second-order valence-corrected chi connectivity index (χ2v) is 1.32. The van der Waals surface area contributed by atoms with Crippen molar-refractivity contribution in [1.82, 2.24) is 0 Å². The normalized spacial score (nSPS) is 7.25. The molecule has 2 nitrogen and oxygen atoms in total. The Balaban J connectivity index is 0. The predicted molar refractivity (Wildman–Crippen MR) is 29.9 cm³/mol. The molecule has 0 N–H and O–H groups in total. The molecule has 0 aliphatic carbocycles. The van der Waals surface area contributed by atoms with Crippen LogP contribution in [-0.4, -0.2) is 12.6 Å². The molecule has 0 atom stereocenters. The summed E-state index contributed by atoms with van der Waals surface area (Å²) >= 11 is 2.82. The minimum Gasteiger partial charge on any atom is -0.465 e. The van der Waals surface area contributed by atoms with Crippen LogP contribution in [0.15, 0.2) is 0 Å². The van der Waals surface area contributed by atoms with Gasteiger partial charge in [0, 0.05) is 19.5 Å². The van der Waals surface area contributed by atoms with Crippen molar-refractivity contribution in [3.8, 4) is 0 Å². The number of esters is 1. The molecule has 4 heteroatoms. The van der Waals surface area contributed by atoms with E-state index in [0.29, 0.717) is 6.61 Å². The number of rotatable bonds is 2. The fourth-order valence-corrected chi connectivity index (χ4v) is 0.306. The second kappa shape index (κ2) is 7.57. The SMILES string of the molecule is CCOC(=O)[CH]Br.[Zn]. The van der Waals surface area contributed by atoms with Crippen LogP contribution in [0.4, 0.5) is 0 Å². The molecule has 43 valence electrons. The first kappa shape index (κ1) is 11.4. The van der Waals surface area contributed by atoms with Gasteiger partial charge in [-0.3, -0.25) is 4.79 Å². The number of ether oxygens (including phenoxy) is 1. The van der Waals surface area contributed by atoms with E-state index in [1.165, 1.54) is 5.33 Å². The van der Waals surface area contributed by atoms with Crippen molar-refractivity contribution in [1.29, 1.82) is 0 Å². The average Bonchev–Trinajstić information content (AvgIpc) is 1.68. The van der Waals surface area contributed by atoms with Gasteiger partial charge in [-0.2, -0.15) is 0 Å². The van der Waals surface area contributed by atoms with Crippen molar-refractivity contribution in [2.75, 3.05) is 6.61 Å². The van der Waals surface area contributed by atoms with Crippen molar-refractivity contribution >= 4 is 21.9 Å². The maximum atomic E-state index is 10.1. The van der Waals surface area contributed by atoms with Crippen LogP contribution in [0, 0.1) is 5.33 Å². The molecule has 0 unspecified atom stereocenters. The van der Waals surface area contributed by atoms with E-state index >= 15 is 0 Å². The van der Waals surface area contributed by atoms with Crippen LogP contribution in [0.3, 0.4) is 0 Å². The first-order valence-corrected chi connectivity index (χ1v) is 2.83. The zero-order valence-electron chi connectivity index (χ0n) is 4.69. The van der Waals surface area contributed by atoms with Crippen molar-refractivity contribution in [2.24, 2.45) is 0 Å². The molecule has 0 aromatic heterocycles. The van der Waals surface area contributed by atoms with Gasteiger partial charge >= 0.3 is 5.97 Å². The monoisotopic (exact) mass is 229 g/mol. The fourth-order valence-electron chi connectivity index (χ4n) is 0.174. The Hall–Kier alpha value is 0.573. The Bertz CT molecular complexity index is 67.1. The second-order valence-electron chi connectivity index (χ2n) is 0.861. The van der Waals surface area contributed by atoms with Crippen LogP contribution in [-0.2, 0) is 29.0 Å². The standard InChI is InChI=1S/C4H6BrO2.Zn/c1-2-7-4(6)3-5;/h3H,2H2,1H3;. The van der Waals surface area contributed by atoms with Crippen LogP contribution in [0.2, 0.25) is 0 Å².